The van der Waals surface area contributed by atoms with E-state index in [0.717, 1.165) is 18.3 Å². The van der Waals surface area contributed by atoms with Gasteiger partial charge in [-0.1, -0.05) is 12.1 Å². The van der Waals surface area contributed by atoms with E-state index in [1.807, 2.05) is 0 Å². The zero-order chi connectivity index (χ0) is 16.1. The van der Waals surface area contributed by atoms with E-state index in [2.05, 4.69) is 42.7 Å². The van der Waals surface area contributed by atoms with Crippen LogP contribution in [0.5, 0.6) is 5.75 Å². The Labute approximate surface area is 162 Å². The van der Waals surface area contributed by atoms with Gasteiger partial charge < -0.3 is 15.4 Å². The van der Waals surface area contributed by atoms with Crippen LogP contribution in [0.25, 0.3) is 0 Å². The van der Waals surface area contributed by atoms with Crippen LogP contribution in [-0.4, -0.2) is 24.7 Å². The lowest BCUT2D eigenvalue weighted by Crippen LogP contribution is -2.38. The van der Waals surface area contributed by atoms with Crippen LogP contribution in [0, 0.1) is 6.92 Å². The number of rotatable bonds is 6. The lowest BCUT2D eigenvalue weighted by molar-refractivity contribution is 0.208. The van der Waals surface area contributed by atoms with Gasteiger partial charge in [-0.15, -0.1) is 24.0 Å². The summed E-state index contributed by atoms with van der Waals surface area (Å²) in [5.74, 6) is 1.94. The van der Waals surface area contributed by atoms with Crippen molar-refractivity contribution >= 4 is 29.9 Å². The van der Waals surface area contributed by atoms with Crippen molar-refractivity contribution in [2.24, 2.45) is 4.99 Å². The molecule has 0 atom stereocenters. The highest BCUT2D eigenvalue weighted by Gasteiger charge is 2.22. The number of benzene rings is 1. The Kier molecular flexibility index (Phi) is 7.65. The fraction of sp³-hybridized carbons (Fsp3) is 0.632. The molecule has 2 fully saturated rings. The van der Waals surface area contributed by atoms with Crippen LogP contribution >= 0.6 is 24.0 Å². The van der Waals surface area contributed by atoms with E-state index in [9.17, 15) is 0 Å². The number of hydrogen-bond acceptors (Lipinski definition) is 2. The van der Waals surface area contributed by atoms with Crippen LogP contribution in [0.4, 0.5) is 0 Å². The van der Waals surface area contributed by atoms with Crippen LogP contribution in [0.3, 0.4) is 0 Å². The van der Waals surface area contributed by atoms with E-state index in [4.69, 9.17) is 9.73 Å². The van der Waals surface area contributed by atoms with Gasteiger partial charge in [0.05, 0.1) is 12.6 Å². The molecule has 1 aromatic rings. The predicted molar refractivity (Wildman–Crippen MR) is 110 cm³/mol. The molecule has 2 saturated carbocycles. The Morgan fingerprint density at radius 2 is 1.96 bits per heavy atom. The van der Waals surface area contributed by atoms with Crippen molar-refractivity contribution in [2.45, 2.75) is 71.1 Å². The molecule has 0 aromatic heterocycles. The van der Waals surface area contributed by atoms with Crippen LogP contribution in [0.1, 0.15) is 56.6 Å². The Hall–Kier alpha value is -0.980. The topological polar surface area (TPSA) is 45.7 Å². The molecule has 0 saturated heterocycles. The number of nitrogens with zero attached hydrogens (tertiary/aromatic N) is 1. The fourth-order valence-corrected chi connectivity index (χ4v) is 2.99. The van der Waals surface area contributed by atoms with Crippen molar-refractivity contribution < 1.29 is 4.74 Å². The van der Waals surface area contributed by atoms with Gasteiger partial charge in [0.2, 0.25) is 0 Å². The molecule has 134 valence electrons. The van der Waals surface area contributed by atoms with Gasteiger partial charge in [-0.2, -0.15) is 0 Å². The lowest BCUT2D eigenvalue weighted by atomic mass is 10.1. The van der Waals surface area contributed by atoms with E-state index in [1.54, 1.807) is 0 Å². The number of guanidine groups is 1. The molecule has 2 aliphatic carbocycles. The highest BCUT2D eigenvalue weighted by molar-refractivity contribution is 14.0. The minimum atomic E-state index is 0. The summed E-state index contributed by atoms with van der Waals surface area (Å²) in [7, 11) is 0. The Bertz CT molecular complexity index is 552. The van der Waals surface area contributed by atoms with Crippen LogP contribution in [-0.2, 0) is 6.54 Å². The maximum absolute atomic E-state index is 6.26. The average Bonchev–Trinajstić information content (AvgIpc) is 3.20. The van der Waals surface area contributed by atoms with Crippen molar-refractivity contribution in [3.63, 3.8) is 0 Å². The first kappa shape index (κ1) is 19.3. The van der Waals surface area contributed by atoms with E-state index in [-0.39, 0.29) is 24.0 Å². The largest absolute Gasteiger partial charge is 0.490 e. The first-order chi connectivity index (χ1) is 11.2. The van der Waals surface area contributed by atoms with Gasteiger partial charge in [-0.25, -0.2) is 4.99 Å². The number of aryl methyl sites for hydroxylation is 1. The molecule has 5 heteroatoms. The van der Waals surface area contributed by atoms with Gasteiger partial charge in [0, 0.05) is 18.2 Å². The van der Waals surface area contributed by atoms with Crippen molar-refractivity contribution in [3.05, 3.63) is 29.3 Å². The van der Waals surface area contributed by atoms with Gasteiger partial charge in [-0.3, -0.25) is 0 Å². The van der Waals surface area contributed by atoms with Gasteiger partial charge in [0.25, 0.3) is 0 Å². The summed E-state index contributed by atoms with van der Waals surface area (Å²) >= 11 is 0. The summed E-state index contributed by atoms with van der Waals surface area (Å²) in [6, 6.07) is 7.07. The molecule has 0 radical (unpaired) electrons. The number of nitrogens with one attached hydrogen (secondary N) is 2. The zero-order valence-electron chi connectivity index (χ0n) is 14.8. The molecule has 2 aliphatic rings. The summed E-state index contributed by atoms with van der Waals surface area (Å²) in [6.45, 7) is 5.76. The molecule has 2 N–H and O–H groups in total. The van der Waals surface area contributed by atoms with Crippen molar-refractivity contribution in [1.29, 1.82) is 0 Å². The fourth-order valence-electron chi connectivity index (χ4n) is 2.99. The van der Waals surface area contributed by atoms with Crippen LogP contribution in [0.2, 0.25) is 0 Å². The quantitative estimate of drug-likeness (QED) is 0.395. The molecule has 0 aliphatic heterocycles. The first-order valence-corrected chi connectivity index (χ1v) is 9.05. The number of ether oxygens (including phenoxy) is 1. The molecular weight excluding hydrogens is 413 g/mol. The lowest BCUT2D eigenvalue weighted by Gasteiger charge is -2.17. The number of aliphatic imine (C=N–C) groups is 1. The molecule has 0 spiro atoms. The zero-order valence-corrected chi connectivity index (χ0v) is 17.1. The minimum absolute atomic E-state index is 0. The molecular formula is C19H30IN3O. The first-order valence-electron chi connectivity index (χ1n) is 9.05. The van der Waals surface area contributed by atoms with E-state index in [1.165, 1.54) is 49.7 Å². The SMILES string of the molecule is CCNC(=NCc1ccc(C)cc1OC1CCCC1)NC1CC1.I. The number of halogens is 1. The van der Waals surface area contributed by atoms with Crippen molar-refractivity contribution in [3.8, 4) is 5.75 Å². The van der Waals surface area contributed by atoms with E-state index >= 15 is 0 Å². The normalized spacial score (nSPS) is 18.2. The molecule has 0 unspecified atom stereocenters. The maximum Gasteiger partial charge on any atom is 0.191 e. The third-order valence-corrected chi connectivity index (χ3v) is 4.49. The van der Waals surface area contributed by atoms with Gasteiger partial charge in [0.1, 0.15) is 5.75 Å². The Balaban J connectivity index is 0.00000208. The standard InChI is InChI=1S/C19H29N3O.HI/c1-3-20-19(22-16-10-11-16)21-13-15-9-8-14(2)12-18(15)23-17-6-4-5-7-17;/h8-9,12,16-17H,3-7,10-11,13H2,1-2H3,(H2,20,21,22);1H. The molecule has 24 heavy (non-hydrogen) atoms. The van der Waals surface area contributed by atoms with Crippen LogP contribution < -0.4 is 15.4 Å². The summed E-state index contributed by atoms with van der Waals surface area (Å²) < 4.78 is 6.26. The Morgan fingerprint density at radius 3 is 2.62 bits per heavy atom. The third kappa shape index (κ3) is 5.83. The smallest absolute Gasteiger partial charge is 0.191 e. The number of hydrogen-bond donors (Lipinski definition) is 2. The molecule has 0 bridgehead atoms. The summed E-state index contributed by atoms with van der Waals surface area (Å²) in [5, 5.41) is 6.79. The second-order valence-electron chi connectivity index (χ2n) is 6.75. The molecule has 3 rings (SSSR count). The van der Waals surface area contributed by atoms with Crippen molar-refractivity contribution in [1.82, 2.24) is 10.6 Å². The molecule has 1 aromatic carbocycles. The second kappa shape index (κ2) is 9.49. The third-order valence-electron chi connectivity index (χ3n) is 4.49. The monoisotopic (exact) mass is 443 g/mol. The van der Waals surface area contributed by atoms with Gasteiger partial charge in [-0.05, 0) is 64.0 Å². The summed E-state index contributed by atoms with van der Waals surface area (Å²) in [4.78, 5) is 4.74. The average molecular weight is 443 g/mol. The predicted octanol–water partition coefficient (Wildman–Crippen LogP) is 4.15. The highest BCUT2D eigenvalue weighted by atomic mass is 127. The Morgan fingerprint density at radius 1 is 1.21 bits per heavy atom. The maximum atomic E-state index is 6.26. The molecule has 0 heterocycles. The summed E-state index contributed by atoms with van der Waals surface area (Å²) in [5.41, 5.74) is 2.42. The van der Waals surface area contributed by atoms with E-state index < -0.39 is 0 Å². The van der Waals surface area contributed by atoms with Crippen LogP contribution in [0.15, 0.2) is 23.2 Å². The van der Waals surface area contributed by atoms with Crippen molar-refractivity contribution in [2.75, 3.05) is 6.54 Å². The molecule has 0 amide bonds. The van der Waals surface area contributed by atoms with Gasteiger partial charge in [0.15, 0.2) is 5.96 Å². The molecule has 4 nitrogen and oxygen atoms in total. The second-order valence-corrected chi connectivity index (χ2v) is 6.75. The highest BCUT2D eigenvalue weighted by Crippen LogP contribution is 2.28. The van der Waals surface area contributed by atoms with E-state index in [0.29, 0.717) is 18.7 Å². The van der Waals surface area contributed by atoms with Gasteiger partial charge >= 0.3 is 0 Å². The summed E-state index contributed by atoms with van der Waals surface area (Å²) in [6.07, 6.45) is 7.85. The minimum Gasteiger partial charge on any atom is -0.490 e.